The first-order valence-electron chi connectivity index (χ1n) is 9.85. The van der Waals surface area contributed by atoms with E-state index in [2.05, 4.69) is 40.2 Å². The molecule has 0 aromatic carbocycles. The van der Waals surface area contributed by atoms with E-state index in [1.807, 2.05) is 0 Å². The summed E-state index contributed by atoms with van der Waals surface area (Å²) in [6, 6.07) is 0. The summed E-state index contributed by atoms with van der Waals surface area (Å²) in [7, 11) is 0. The molecule has 0 radical (unpaired) electrons. The molecule has 0 bridgehead atoms. The van der Waals surface area contributed by atoms with Crippen LogP contribution in [0, 0.1) is 0 Å². The summed E-state index contributed by atoms with van der Waals surface area (Å²) in [5.41, 5.74) is 0. The molecular weight excluding hydrogens is 336 g/mol. The molecule has 0 aliphatic heterocycles. The van der Waals surface area contributed by atoms with Crippen LogP contribution in [0.25, 0.3) is 0 Å². The predicted molar refractivity (Wildman–Crippen MR) is 104 cm³/mol. The molecule has 0 spiro atoms. The van der Waals surface area contributed by atoms with Crippen molar-refractivity contribution in [2.45, 2.75) is 83.9 Å². The van der Waals surface area contributed by atoms with Gasteiger partial charge in [-0.3, -0.25) is 0 Å². The third-order valence-electron chi connectivity index (χ3n) is 3.61. The van der Waals surface area contributed by atoms with Gasteiger partial charge in [-0.05, 0) is 38.5 Å². The van der Waals surface area contributed by atoms with Gasteiger partial charge in [0.25, 0.3) is 0 Å². The van der Waals surface area contributed by atoms with Crippen molar-refractivity contribution < 1.29 is 6.11 Å². The van der Waals surface area contributed by atoms with E-state index in [4.69, 9.17) is 6.11 Å². The van der Waals surface area contributed by atoms with Gasteiger partial charge in [0.05, 0.1) is 6.61 Å². The molecule has 0 aromatic rings. The normalized spacial score (nSPS) is 12.5. The summed E-state index contributed by atoms with van der Waals surface area (Å²) in [6.07, 6.45) is 24.1. The van der Waals surface area contributed by atoms with Gasteiger partial charge in [0.15, 0.2) is 0 Å². The monoisotopic (exact) mass is 373 g/mol. The number of allylic oxidation sites excluding steroid dienone is 4. The van der Waals surface area contributed by atoms with Crippen molar-refractivity contribution in [3.05, 3.63) is 24.3 Å². The van der Waals surface area contributed by atoms with E-state index in [1.54, 1.807) is 0 Å². The second-order valence-corrected chi connectivity index (χ2v) is 6.53. The third-order valence-corrected chi connectivity index (χ3v) is 3.93. The highest BCUT2D eigenvalue weighted by Gasteiger charge is 1.91. The predicted octanol–water partition coefficient (Wildman–Crippen LogP) is 7.21. The first-order valence-corrected chi connectivity index (χ1v) is 10.3. The lowest BCUT2D eigenvalue weighted by atomic mass is 10.1. The van der Waals surface area contributed by atoms with E-state index in [1.165, 1.54) is 64.2 Å². The second-order valence-electron chi connectivity index (χ2n) is 5.74. The fourth-order valence-electron chi connectivity index (χ4n) is 2.28. The lowest BCUT2D eigenvalue weighted by Crippen LogP contribution is -1.97. The fraction of sp³-hybridized carbons (Fsp3) is 0.800. The van der Waals surface area contributed by atoms with E-state index in [0.29, 0.717) is 6.90 Å². The van der Waals surface area contributed by atoms with E-state index >= 15 is 0 Å². The van der Waals surface area contributed by atoms with E-state index < -0.39 is 0 Å². The number of hydrogen-bond acceptors (Lipinski definition) is 1. The molecule has 0 saturated carbocycles. The van der Waals surface area contributed by atoms with Crippen LogP contribution in [0.4, 0.5) is 0 Å². The Kier molecular flexibility index (Phi) is 19.0. The lowest BCUT2D eigenvalue weighted by molar-refractivity contribution is 0.146. The molecule has 0 heterocycles. The molecular formula is C20H37BrO. The molecule has 0 aliphatic rings. The van der Waals surface area contributed by atoms with Gasteiger partial charge < -0.3 is 4.74 Å². The topological polar surface area (TPSA) is 9.23 Å². The molecule has 0 aromatic heterocycles. The largest absolute Gasteiger partial charge is 0.381 e. The van der Waals surface area contributed by atoms with Crippen molar-refractivity contribution >= 4 is 15.9 Å². The maximum Gasteiger partial charge on any atom is 0.0563 e. The maximum absolute atomic E-state index is 7.07. The molecule has 0 aliphatic carbocycles. The Morgan fingerprint density at radius 3 is 2.09 bits per heavy atom. The summed E-state index contributed by atoms with van der Waals surface area (Å²) in [5.74, 6) is 0. The van der Waals surface area contributed by atoms with Crippen LogP contribution in [0.5, 0.6) is 0 Å². The number of rotatable bonds is 17. The summed E-state index contributed by atoms with van der Waals surface area (Å²) >= 11 is 3.36. The van der Waals surface area contributed by atoms with Gasteiger partial charge in [-0.25, -0.2) is 0 Å². The number of unbranched alkanes of at least 4 members (excludes halogenated alkanes) is 9. The van der Waals surface area contributed by atoms with Crippen molar-refractivity contribution in [1.29, 1.82) is 0 Å². The zero-order valence-corrected chi connectivity index (χ0v) is 16.0. The van der Waals surface area contributed by atoms with Crippen LogP contribution in [-0.4, -0.2) is 18.5 Å². The van der Waals surface area contributed by atoms with Crippen molar-refractivity contribution in [1.82, 2.24) is 0 Å². The van der Waals surface area contributed by atoms with Crippen LogP contribution in [-0.2, 0) is 4.74 Å². The van der Waals surface area contributed by atoms with Crippen molar-refractivity contribution in [3.63, 3.8) is 0 Å². The molecule has 2 heteroatoms. The van der Waals surface area contributed by atoms with Gasteiger partial charge >= 0.3 is 0 Å². The van der Waals surface area contributed by atoms with Gasteiger partial charge in [0.1, 0.15) is 0 Å². The van der Waals surface area contributed by atoms with Crippen molar-refractivity contribution in [2.75, 3.05) is 18.5 Å². The Morgan fingerprint density at radius 1 is 0.773 bits per heavy atom. The Hall–Kier alpha value is -0.0800. The van der Waals surface area contributed by atoms with Crippen molar-refractivity contribution in [3.8, 4) is 0 Å². The molecule has 0 rings (SSSR count). The van der Waals surface area contributed by atoms with Gasteiger partial charge in [0, 0.05) is 13.3 Å². The molecule has 0 unspecified atom stereocenters. The number of alkyl halides is 1. The molecule has 1 nitrogen and oxygen atoms in total. The highest BCUT2D eigenvalue weighted by Crippen LogP contribution is 2.08. The minimum Gasteiger partial charge on any atom is -0.381 e. The highest BCUT2D eigenvalue weighted by molar-refractivity contribution is 9.09. The fourth-order valence-corrected chi connectivity index (χ4v) is 2.50. The standard InChI is InChI=1S/C20H37BrO/c1-2-3-4-5-6-7-8-9-10-11-12-13-14-15-16-17-19-22-20-18-21/h6-7,9-10H,2-5,8,11-20H2,1H3/b7-6-,10-9-/i1D. The van der Waals surface area contributed by atoms with Gasteiger partial charge in [-0.2, -0.15) is 0 Å². The highest BCUT2D eigenvalue weighted by atomic mass is 79.9. The summed E-state index contributed by atoms with van der Waals surface area (Å²) in [4.78, 5) is 0. The van der Waals surface area contributed by atoms with E-state index in [9.17, 15) is 0 Å². The SMILES string of the molecule is [2H]CCCCC/C=C\C/C=C\CCCCCCCCOCCBr. The Morgan fingerprint density at radius 2 is 1.41 bits per heavy atom. The average molecular weight is 374 g/mol. The molecule has 130 valence electrons. The van der Waals surface area contributed by atoms with Crippen LogP contribution in [0.15, 0.2) is 24.3 Å². The zero-order chi connectivity index (χ0) is 16.8. The first kappa shape index (κ1) is 20.0. The molecule has 0 fully saturated rings. The van der Waals surface area contributed by atoms with Crippen LogP contribution < -0.4 is 0 Å². The Balaban J connectivity index is 3.12. The molecule has 0 N–H and O–H groups in total. The number of ether oxygens (including phenoxy) is 1. The Bertz CT molecular complexity index is 266. The number of hydrogen-bond donors (Lipinski definition) is 0. The quantitative estimate of drug-likeness (QED) is 0.148. The number of halogens is 1. The van der Waals surface area contributed by atoms with Crippen LogP contribution in [0.2, 0.25) is 0 Å². The second kappa shape index (κ2) is 20.9. The molecule has 22 heavy (non-hydrogen) atoms. The summed E-state index contributed by atoms with van der Waals surface area (Å²) < 4.78 is 12.5. The lowest BCUT2D eigenvalue weighted by Gasteiger charge is -2.02. The van der Waals surface area contributed by atoms with Crippen LogP contribution >= 0.6 is 15.9 Å². The van der Waals surface area contributed by atoms with Crippen LogP contribution in [0.3, 0.4) is 0 Å². The smallest absolute Gasteiger partial charge is 0.0563 e. The van der Waals surface area contributed by atoms with Gasteiger partial charge in [-0.1, -0.05) is 85.7 Å². The summed E-state index contributed by atoms with van der Waals surface area (Å²) in [6.45, 7) is 2.35. The van der Waals surface area contributed by atoms with Crippen LogP contribution in [0.1, 0.15) is 85.3 Å². The van der Waals surface area contributed by atoms with Crippen molar-refractivity contribution in [2.24, 2.45) is 0 Å². The average Bonchev–Trinajstić information content (AvgIpc) is 2.57. The minimum atomic E-state index is 0.582. The molecule has 0 amide bonds. The van der Waals surface area contributed by atoms with E-state index in [-0.39, 0.29) is 0 Å². The maximum atomic E-state index is 7.07. The third kappa shape index (κ3) is 19.9. The Labute approximate surface area is 149 Å². The van der Waals surface area contributed by atoms with E-state index in [0.717, 1.165) is 31.4 Å². The summed E-state index contributed by atoms with van der Waals surface area (Å²) in [5, 5.41) is 0.947. The van der Waals surface area contributed by atoms with Gasteiger partial charge in [0.2, 0.25) is 0 Å². The molecule has 0 saturated heterocycles. The van der Waals surface area contributed by atoms with Gasteiger partial charge in [-0.15, -0.1) is 0 Å². The molecule has 0 atom stereocenters. The minimum absolute atomic E-state index is 0.582. The zero-order valence-electron chi connectivity index (χ0n) is 15.4. The first-order chi connectivity index (χ1) is 11.4.